The fraction of sp³-hybridized carbons (Fsp3) is 0.158. The number of fused-ring (bicyclic) bond motifs is 1. The summed E-state index contributed by atoms with van der Waals surface area (Å²) in [5.74, 6) is -0.220. The third-order valence-corrected chi connectivity index (χ3v) is 3.89. The van der Waals surface area contributed by atoms with Gasteiger partial charge in [0.05, 0.1) is 0 Å². The number of hydrogen-bond acceptors (Lipinski definition) is 1. The van der Waals surface area contributed by atoms with Crippen molar-refractivity contribution in [3.8, 4) is 0 Å². The summed E-state index contributed by atoms with van der Waals surface area (Å²) in [6.45, 7) is 2.03. The molecular formula is C19H18FN. The second-order valence-electron chi connectivity index (χ2n) is 5.75. The Morgan fingerprint density at radius 3 is 2.33 bits per heavy atom. The van der Waals surface area contributed by atoms with Crippen LogP contribution in [0.25, 0.3) is 10.8 Å². The topological polar surface area (TPSA) is 26.0 Å². The summed E-state index contributed by atoms with van der Waals surface area (Å²) >= 11 is 0. The predicted molar refractivity (Wildman–Crippen MR) is 85.6 cm³/mol. The zero-order valence-electron chi connectivity index (χ0n) is 12.0. The van der Waals surface area contributed by atoms with Crippen LogP contribution >= 0.6 is 0 Å². The van der Waals surface area contributed by atoms with Crippen molar-refractivity contribution in [3.63, 3.8) is 0 Å². The summed E-state index contributed by atoms with van der Waals surface area (Å²) in [6.07, 6.45) is 0.668. The van der Waals surface area contributed by atoms with Gasteiger partial charge < -0.3 is 5.73 Å². The van der Waals surface area contributed by atoms with Crippen molar-refractivity contribution in [2.24, 2.45) is 5.73 Å². The molecule has 0 aliphatic carbocycles. The number of nitrogens with two attached hydrogens (primary N) is 1. The molecular weight excluding hydrogens is 261 g/mol. The van der Waals surface area contributed by atoms with Gasteiger partial charge in [0.2, 0.25) is 0 Å². The van der Waals surface area contributed by atoms with E-state index in [0.717, 1.165) is 11.1 Å². The lowest BCUT2D eigenvalue weighted by Crippen LogP contribution is -2.35. The van der Waals surface area contributed by atoms with Gasteiger partial charge in [-0.3, -0.25) is 0 Å². The molecule has 3 aromatic carbocycles. The molecule has 1 atom stereocenters. The number of rotatable bonds is 3. The first-order valence-corrected chi connectivity index (χ1v) is 7.08. The van der Waals surface area contributed by atoms with Crippen molar-refractivity contribution in [1.29, 1.82) is 0 Å². The van der Waals surface area contributed by atoms with Gasteiger partial charge in [-0.25, -0.2) is 4.39 Å². The van der Waals surface area contributed by atoms with Crippen molar-refractivity contribution in [1.82, 2.24) is 0 Å². The molecule has 2 heteroatoms. The van der Waals surface area contributed by atoms with Gasteiger partial charge in [0, 0.05) is 5.54 Å². The molecule has 0 amide bonds. The Hall–Kier alpha value is -2.19. The van der Waals surface area contributed by atoms with Crippen LogP contribution in [0.4, 0.5) is 4.39 Å². The molecule has 3 rings (SSSR count). The van der Waals surface area contributed by atoms with Crippen LogP contribution in [0.5, 0.6) is 0 Å². The average molecular weight is 279 g/mol. The van der Waals surface area contributed by atoms with E-state index in [-0.39, 0.29) is 5.82 Å². The van der Waals surface area contributed by atoms with E-state index in [0.29, 0.717) is 6.42 Å². The maximum Gasteiger partial charge on any atom is 0.123 e. The summed E-state index contributed by atoms with van der Waals surface area (Å²) in [7, 11) is 0. The van der Waals surface area contributed by atoms with E-state index < -0.39 is 5.54 Å². The molecule has 0 aromatic heterocycles. The number of hydrogen-bond donors (Lipinski definition) is 1. The maximum absolute atomic E-state index is 13.0. The van der Waals surface area contributed by atoms with Gasteiger partial charge in [-0.15, -0.1) is 0 Å². The minimum Gasteiger partial charge on any atom is -0.321 e. The monoisotopic (exact) mass is 279 g/mol. The molecule has 1 nitrogen and oxygen atoms in total. The first kappa shape index (κ1) is 13.8. The molecule has 2 N–H and O–H groups in total. The highest BCUT2D eigenvalue weighted by Crippen LogP contribution is 2.29. The highest BCUT2D eigenvalue weighted by atomic mass is 19.1. The van der Waals surface area contributed by atoms with Gasteiger partial charge in [0.15, 0.2) is 0 Å². The zero-order chi connectivity index (χ0) is 14.9. The van der Waals surface area contributed by atoms with Crippen molar-refractivity contribution < 1.29 is 4.39 Å². The van der Waals surface area contributed by atoms with Gasteiger partial charge in [0.1, 0.15) is 5.82 Å². The minimum absolute atomic E-state index is 0.220. The molecule has 0 bridgehead atoms. The van der Waals surface area contributed by atoms with E-state index in [1.54, 1.807) is 12.1 Å². The van der Waals surface area contributed by atoms with E-state index >= 15 is 0 Å². The summed E-state index contributed by atoms with van der Waals surface area (Å²) < 4.78 is 13.0. The van der Waals surface area contributed by atoms with Crippen LogP contribution in [-0.4, -0.2) is 0 Å². The Labute approximate surface area is 124 Å². The van der Waals surface area contributed by atoms with E-state index in [4.69, 9.17) is 5.73 Å². The Kier molecular flexibility index (Phi) is 3.48. The Bertz CT molecular complexity index is 755. The number of benzene rings is 3. The van der Waals surface area contributed by atoms with Gasteiger partial charge >= 0.3 is 0 Å². The summed E-state index contributed by atoms with van der Waals surface area (Å²) in [4.78, 5) is 0. The second kappa shape index (κ2) is 5.30. The molecule has 106 valence electrons. The molecule has 0 fully saturated rings. The second-order valence-corrected chi connectivity index (χ2v) is 5.75. The lowest BCUT2D eigenvalue weighted by Gasteiger charge is -2.27. The summed E-state index contributed by atoms with van der Waals surface area (Å²) in [5, 5.41) is 2.36. The molecule has 1 unspecified atom stereocenters. The minimum atomic E-state index is -0.501. The predicted octanol–water partition coefficient (Wildman–Crippen LogP) is 4.40. The Morgan fingerprint density at radius 1 is 0.905 bits per heavy atom. The van der Waals surface area contributed by atoms with Gasteiger partial charge in [0.25, 0.3) is 0 Å². The van der Waals surface area contributed by atoms with Crippen molar-refractivity contribution >= 4 is 10.8 Å². The normalized spacial score (nSPS) is 14.0. The van der Waals surface area contributed by atoms with E-state index in [1.807, 2.05) is 25.1 Å². The quantitative estimate of drug-likeness (QED) is 0.755. The van der Waals surface area contributed by atoms with E-state index in [9.17, 15) is 4.39 Å². The molecule has 0 spiro atoms. The van der Waals surface area contributed by atoms with Crippen LogP contribution < -0.4 is 5.73 Å². The highest BCUT2D eigenvalue weighted by Gasteiger charge is 2.23. The molecule has 21 heavy (non-hydrogen) atoms. The molecule has 0 heterocycles. The van der Waals surface area contributed by atoms with Crippen LogP contribution in [0.3, 0.4) is 0 Å². The first-order chi connectivity index (χ1) is 10.1. The van der Waals surface area contributed by atoms with Crippen molar-refractivity contribution in [3.05, 3.63) is 83.7 Å². The lowest BCUT2D eigenvalue weighted by molar-refractivity contribution is 0.495. The van der Waals surface area contributed by atoms with E-state index in [1.165, 1.54) is 22.9 Å². The van der Waals surface area contributed by atoms with Crippen molar-refractivity contribution in [2.45, 2.75) is 18.9 Å². The van der Waals surface area contributed by atoms with Crippen molar-refractivity contribution in [2.75, 3.05) is 0 Å². The molecule has 0 saturated heterocycles. The Balaban J connectivity index is 2.01. The lowest BCUT2D eigenvalue weighted by atomic mass is 9.84. The molecule has 0 radical (unpaired) electrons. The van der Waals surface area contributed by atoms with Gasteiger partial charge in [-0.1, -0.05) is 54.6 Å². The van der Waals surface area contributed by atoms with Gasteiger partial charge in [-0.05, 0) is 47.4 Å². The summed E-state index contributed by atoms with van der Waals surface area (Å²) in [6, 6.07) is 21.0. The Morgan fingerprint density at radius 2 is 1.57 bits per heavy atom. The largest absolute Gasteiger partial charge is 0.321 e. The third-order valence-electron chi connectivity index (χ3n) is 3.89. The van der Waals surface area contributed by atoms with Crippen LogP contribution in [0, 0.1) is 5.82 Å². The smallest absolute Gasteiger partial charge is 0.123 e. The fourth-order valence-corrected chi connectivity index (χ4v) is 2.84. The standard InChI is InChI=1S/C19H18FN/c1-19(21,13-14-9-11-16(20)12-10-14)18-8-4-6-15-5-2-3-7-17(15)18/h2-12H,13,21H2,1H3. The number of halogens is 1. The third kappa shape index (κ3) is 2.81. The average Bonchev–Trinajstić information content (AvgIpc) is 2.49. The van der Waals surface area contributed by atoms with Crippen LogP contribution in [-0.2, 0) is 12.0 Å². The van der Waals surface area contributed by atoms with E-state index in [2.05, 4.69) is 24.3 Å². The SMILES string of the molecule is CC(N)(Cc1ccc(F)cc1)c1cccc2ccccc12. The summed E-state index contributed by atoms with van der Waals surface area (Å²) in [5.41, 5.74) is 8.23. The van der Waals surface area contributed by atoms with Crippen LogP contribution in [0.1, 0.15) is 18.1 Å². The van der Waals surface area contributed by atoms with Gasteiger partial charge in [-0.2, -0.15) is 0 Å². The first-order valence-electron chi connectivity index (χ1n) is 7.08. The molecule has 0 aliphatic heterocycles. The molecule has 0 saturated carbocycles. The molecule has 0 aliphatic rings. The fourth-order valence-electron chi connectivity index (χ4n) is 2.84. The van der Waals surface area contributed by atoms with Crippen LogP contribution in [0.15, 0.2) is 66.7 Å². The zero-order valence-corrected chi connectivity index (χ0v) is 12.0. The highest BCUT2D eigenvalue weighted by molar-refractivity contribution is 5.86. The maximum atomic E-state index is 13.0. The molecule has 3 aromatic rings. The van der Waals surface area contributed by atoms with Crippen LogP contribution in [0.2, 0.25) is 0 Å².